The minimum Gasteiger partial charge on any atom is -0.464 e. The summed E-state index contributed by atoms with van der Waals surface area (Å²) in [5, 5.41) is 1.50. The van der Waals surface area contributed by atoms with Gasteiger partial charge in [-0.1, -0.05) is 0 Å². The SMILES string of the molecule is COC(=O)c1cnc(S(=O)(=O)Cc2csc(Br)c2)[nH]1. The third-order valence-corrected chi connectivity index (χ3v) is 5.29. The van der Waals surface area contributed by atoms with Crippen molar-refractivity contribution in [3.8, 4) is 0 Å². The number of imidazole rings is 1. The number of aromatic nitrogens is 2. The van der Waals surface area contributed by atoms with E-state index in [0.29, 0.717) is 5.56 Å². The number of carbonyl (C=O) groups is 1. The molecule has 6 nitrogen and oxygen atoms in total. The molecule has 0 saturated heterocycles. The van der Waals surface area contributed by atoms with Crippen LogP contribution in [0.4, 0.5) is 0 Å². The van der Waals surface area contributed by atoms with Crippen LogP contribution in [0, 0.1) is 0 Å². The van der Waals surface area contributed by atoms with E-state index in [4.69, 9.17) is 0 Å². The van der Waals surface area contributed by atoms with E-state index < -0.39 is 15.8 Å². The van der Waals surface area contributed by atoms with Crippen molar-refractivity contribution in [1.29, 1.82) is 0 Å². The lowest BCUT2D eigenvalue weighted by molar-refractivity contribution is 0.0594. The second kappa shape index (κ2) is 5.43. The van der Waals surface area contributed by atoms with Crippen LogP contribution in [0.3, 0.4) is 0 Å². The van der Waals surface area contributed by atoms with E-state index in [1.807, 2.05) is 0 Å². The van der Waals surface area contributed by atoms with Crippen LogP contribution in [0.5, 0.6) is 0 Å². The van der Waals surface area contributed by atoms with Gasteiger partial charge in [0.05, 0.1) is 22.8 Å². The van der Waals surface area contributed by atoms with E-state index in [1.165, 1.54) is 18.4 Å². The Labute approximate surface area is 121 Å². The molecule has 19 heavy (non-hydrogen) atoms. The van der Waals surface area contributed by atoms with Gasteiger partial charge in [0.15, 0.2) is 0 Å². The number of nitrogens with one attached hydrogen (secondary N) is 1. The van der Waals surface area contributed by atoms with Gasteiger partial charge >= 0.3 is 5.97 Å². The molecule has 0 aliphatic rings. The lowest BCUT2D eigenvalue weighted by atomic mass is 10.4. The van der Waals surface area contributed by atoms with Crippen LogP contribution in [0.2, 0.25) is 0 Å². The number of halogens is 1. The standard InChI is InChI=1S/C10H9BrN2O4S2/c1-17-9(14)7-3-12-10(13-7)19(15,16)5-6-2-8(11)18-4-6/h2-4H,5H2,1H3,(H,12,13). The van der Waals surface area contributed by atoms with E-state index in [0.717, 1.165) is 9.98 Å². The molecule has 0 unspecified atom stereocenters. The number of ether oxygens (including phenoxy) is 1. The Hall–Kier alpha value is -1.19. The van der Waals surface area contributed by atoms with Crippen LogP contribution in [-0.2, 0) is 20.3 Å². The highest BCUT2D eigenvalue weighted by atomic mass is 79.9. The smallest absolute Gasteiger partial charge is 0.356 e. The maximum absolute atomic E-state index is 12.1. The van der Waals surface area contributed by atoms with Crippen LogP contribution >= 0.6 is 27.3 Å². The minimum atomic E-state index is -3.61. The molecule has 0 saturated carbocycles. The Morgan fingerprint density at radius 1 is 1.58 bits per heavy atom. The van der Waals surface area contributed by atoms with E-state index in [-0.39, 0.29) is 16.6 Å². The summed E-state index contributed by atoms with van der Waals surface area (Å²) in [6.07, 6.45) is 1.14. The van der Waals surface area contributed by atoms with Crippen molar-refractivity contribution >= 4 is 43.1 Å². The molecule has 2 aromatic rings. The molecule has 0 bridgehead atoms. The molecule has 0 spiro atoms. The molecule has 1 N–H and O–H groups in total. The van der Waals surface area contributed by atoms with Gasteiger partial charge in [-0.25, -0.2) is 18.2 Å². The number of nitrogens with zero attached hydrogens (tertiary/aromatic N) is 1. The topological polar surface area (TPSA) is 89.1 Å². The van der Waals surface area contributed by atoms with E-state index in [9.17, 15) is 13.2 Å². The van der Waals surface area contributed by atoms with Crippen molar-refractivity contribution < 1.29 is 17.9 Å². The lowest BCUT2D eigenvalue weighted by Crippen LogP contribution is -2.07. The summed E-state index contributed by atoms with van der Waals surface area (Å²) in [5.41, 5.74) is 0.667. The summed E-state index contributed by atoms with van der Waals surface area (Å²) in [6.45, 7) is 0. The van der Waals surface area contributed by atoms with Gasteiger partial charge < -0.3 is 9.72 Å². The Balaban J connectivity index is 2.24. The van der Waals surface area contributed by atoms with Gasteiger partial charge in [0.2, 0.25) is 15.0 Å². The summed E-state index contributed by atoms with van der Waals surface area (Å²) in [5.74, 6) is -0.837. The summed E-state index contributed by atoms with van der Waals surface area (Å²) in [4.78, 5) is 17.4. The highest BCUT2D eigenvalue weighted by molar-refractivity contribution is 9.11. The van der Waals surface area contributed by atoms with Crippen molar-refractivity contribution in [3.05, 3.63) is 32.7 Å². The molecule has 9 heteroatoms. The molecule has 0 radical (unpaired) electrons. The molecule has 0 aromatic carbocycles. The van der Waals surface area contributed by atoms with Gasteiger partial charge in [-0.15, -0.1) is 11.3 Å². The average Bonchev–Trinajstić information content (AvgIpc) is 2.97. The maximum Gasteiger partial charge on any atom is 0.356 e. The summed E-state index contributed by atoms with van der Waals surface area (Å²) in [6, 6.07) is 1.73. The largest absolute Gasteiger partial charge is 0.464 e. The fourth-order valence-electron chi connectivity index (χ4n) is 1.38. The van der Waals surface area contributed by atoms with E-state index in [1.54, 1.807) is 11.4 Å². The van der Waals surface area contributed by atoms with E-state index in [2.05, 4.69) is 30.6 Å². The van der Waals surface area contributed by atoms with Gasteiger partial charge in [-0.3, -0.25) is 0 Å². The van der Waals surface area contributed by atoms with Gasteiger partial charge in [0.25, 0.3) is 0 Å². The first-order valence-electron chi connectivity index (χ1n) is 5.01. The number of H-pyrrole nitrogens is 1. The van der Waals surface area contributed by atoms with Crippen molar-refractivity contribution in [1.82, 2.24) is 9.97 Å². The normalized spacial score (nSPS) is 11.5. The van der Waals surface area contributed by atoms with Gasteiger partial charge in [0, 0.05) is 0 Å². The predicted molar refractivity (Wildman–Crippen MR) is 72.8 cm³/mol. The number of thiophene rings is 1. The molecule has 2 rings (SSSR count). The first kappa shape index (κ1) is 14.2. The number of hydrogen-bond acceptors (Lipinski definition) is 6. The molecule has 0 aliphatic heterocycles. The Morgan fingerprint density at radius 3 is 2.89 bits per heavy atom. The molecule has 2 aromatic heterocycles. The molecular formula is C10H9BrN2O4S2. The number of methoxy groups -OCH3 is 1. The number of esters is 1. The molecule has 0 amide bonds. The van der Waals surface area contributed by atoms with E-state index >= 15 is 0 Å². The number of sulfone groups is 1. The minimum absolute atomic E-state index is 0.00701. The first-order valence-corrected chi connectivity index (χ1v) is 8.34. The lowest BCUT2D eigenvalue weighted by Gasteiger charge is -1.98. The monoisotopic (exact) mass is 364 g/mol. The molecule has 2 heterocycles. The summed E-state index contributed by atoms with van der Waals surface area (Å²) in [7, 11) is -2.40. The number of carbonyl (C=O) groups excluding carboxylic acids is 1. The van der Waals surface area contributed by atoms with Crippen LogP contribution in [0.25, 0.3) is 0 Å². The number of rotatable bonds is 4. The zero-order chi connectivity index (χ0) is 14.0. The number of hydrogen-bond donors (Lipinski definition) is 1. The highest BCUT2D eigenvalue weighted by Gasteiger charge is 2.21. The average molecular weight is 365 g/mol. The fraction of sp³-hybridized carbons (Fsp3) is 0.200. The second-order valence-corrected chi connectivity index (χ2v) is 7.81. The quantitative estimate of drug-likeness (QED) is 0.837. The maximum atomic E-state index is 12.1. The third-order valence-electron chi connectivity index (χ3n) is 2.23. The van der Waals surface area contributed by atoms with Crippen LogP contribution in [0.1, 0.15) is 16.1 Å². The van der Waals surface area contributed by atoms with Crippen molar-refractivity contribution in [2.24, 2.45) is 0 Å². The second-order valence-electron chi connectivity index (χ2n) is 3.61. The predicted octanol–water partition coefficient (Wildman–Crippen LogP) is 1.99. The van der Waals surface area contributed by atoms with Crippen LogP contribution < -0.4 is 0 Å². The Bertz CT molecular complexity index is 705. The van der Waals surface area contributed by atoms with Gasteiger partial charge in [0.1, 0.15) is 5.69 Å². The zero-order valence-corrected chi connectivity index (χ0v) is 12.9. The van der Waals surface area contributed by atoms with Gasteiger partial charge in [-0.2, -0.15) is 0 Å². The molecule has 0 atom stereocenters. The third kappa shape index (κ3) is 3.23. The van der Waals surface area contributed by atoms with Gasteiger partial charge in [-0.05, 0) is 32.9 Å². The van der Waals surface area contributed by atoms with Crippen molar-refractivity contribution in [2.45, 2.75) is 10.9 Å². The molecule has 0 aliphatic carbocycles. The Morgan fingerprint density at radius 2 is 2.32 bits per heavy atom. The molecular weight excluding hydrogens is 356 g/mol. The first-order chi connectivity index (χ1) is 8.92. The van der Waals surface area contributed by atoms with Crippen molar-refractivity contribution in [2.75, 3.05) is 7.11 Å². The fourth-order valence-corrected chi connectivity index (χ4v) is 3.92. The van der Waals surface area contributed by atoms with Crippen molar-refractivity contribution in [3.63, 3.8) is 0 Å². The highest BCUT2D eigenvalue weighted by Crippen LogP contribution is 2.23. The molecule has 0 fully saturated rings. The molecule has 102 valence electrons. The van der Waals surface area contributed by atoms with Crippen LogP contribution in [-0.4, -0.2) is 31.5 Å². The zero-order valence-electron chi connectivity index (χ0n) is 9.71. The Kier molecular flexibility index (Phi) is 4.07. The summed E-state index contributed by atoms with van der Waals surface area (Å²) < 4.78 is 29.5. The van der Waals surface area contributed by atoms with Crippen LogP contribution in [0.15, 0.2) is 26.6 Å². The number of aromatic amines is 1. The summed E-state index contributed by atoms with van der Waals surface area (Å²) >= 11 is 4.67.